The third-order valence-electron chi connectivity index (χ3n) is 3.93. The SMILES string of the molecule is Cc1ccccc1Nc1ccc(NS(=O)(=O)c2ccc(OC(C)C)cc2)cn1. The van der Waals surface area contributed by atoms with Crippen molar-refractivity contribution in [2.75, 3.05) is 10.0 Å². The number of nitrogens with zero attached hydrogens (tertiary/aromatic N) is 1. The second-order valence-corrected chi connectivity index (χ2v) is 8.30. The van der Waals surface area contributed by atoms with E-state index < -0.39 is 10.0 Å². The maximum Gasteiger partial charge on any atom is 0.261 e. The van der Waals surface area contributed by atoms with Gasteiger partial charge in [0, 0.05) is 5.69 Å². The van der Waals surface area contributed by atoms with E-state index in [-0.39, 0.29) is 11.0 Å². The number of ether oxygens (including phenoxy) is 1. The number of aromatic nitrogens is 1. The first-order valence-electron chi connectivity index (χ1n) is 8.92. The van der Waals surface area contributed by atoms with Crippen molar-refractivity contribution in [1.29, 1.82) is 0 Å². The molecule has 6 nitrogen and oxygen atoms in total. The molecule has 1 aromatic heterocycles. The van der Waals surface area contributed by atoms with Crippen LogP contribution >= 0.6 is 0 Å². The van der Waals surface area contributed by atoms with Gasteiger partial charge in [-0.15, -0.1) is 0 Å². The van der Waals surface area contributed by atoms with Gasteiger partial charge in [-0.05, 0) is 68.8 Å². The van der Waals surface area contributed by atoms with E-state index in [0.717, 1.165) is 11.3 Å². The molecular weight excluding hydrogens is 374 g/mol. The molecule has 1 heterocycles. The van der Waals surface area contributed by atoms with Crippen molar-refractivity contribution in [1.82, 2.24) is 4.98 Å². The van der Waals surface area contributed by atoms with Crippen molar-refractivity contribution in [2.24, 2.45) is 0 Å². The van der Waals surface area contributed by atoms with Crippen molar-refractivity contribution < 1.29 is 13.2 Å². The third kappa shape index (κ3) is 5.01. The van der Waals surface area contributed by atoms with Gasteiger partial charge in [-0.25, -0.2) is 13.4 Å². The second-order valence-electron chi connectivity index (χ2n) is 6.62. The number of hydrogen-bond donors (Lipinski definition) is 2. The fourth-order valence-corrected chi connectivity index (χ4v) is 3.61. The molecule has 0 aliphatic carbocycles. The van der Waals surface area contributed by atoms with E-state index in [1.807, 2.05) is 45.0 Å². The Morgan fingerprint density at radius 1 is 0.964 bits per heavy atom. The van der Waals surface area contributed by atoms with Crippen molar-refractivity contribution in [3.8, 4) is 5.75 Å². The zero-order valence-corrected chi connectivity index (χ0v) is 16.8. The number of nitrogens with one attached hydrogen (secondary N) is 2. The third-order valence-corrected chi connectivity index (χ3v) is 5.33. The highest BCUT2D eigenvalue weighted by Crippen LogP contribution is 2.22. The quantitative estimate of drug-likeness (QED) is 0.603. The van der Waals surface area contributed by atoms with Crippen LogP contribution in [0.4, 0.5) is 17.2 Å². The van der Waals surface area contributed by atoms with Crippen LogP contribution in [0.25, 0.3) is 0 Å². The maximum absolute atomic E-state index is 12.6. The van der Waals surface area contributed by atoms with Gasteiger partial charge in [0.15, 0.2) is 0 Å². The van der Waals surface area contributed by atoms with Crippen molar-refractivity contribution >= 4 is 27.2 Å². The van der Waals surface area contributed by atoms with E-state index >= 15 is 0 Å². The molecule has 0 aliphatic heterocycles. The zero-order chi connectivity index (χ0) is 20.1. The Kier molecular flexibility index (Phi) is 5.84. The number of anilines is 3. The molecule has 0 unspecified atom stereocenters. The molecule has 2 aromatic carbocycles. The summed E-state index contributed by atoms with van der Waals surface area (Å²) in [5.41, 5.74) is 2.43. The molecule has 0 aliphatic rings. The van der Waals surface area contributed by atoms with Gasteiger partial charge in [0.25, 0.3) is 10.0 Å². The molecule has 0 fully saturated rings. The predicted molar refractivity (Wildman–Crippen MR) is 112 cm³/mol. The highest BCUT2D eigenvalue weighted by atomic mass is 32.2. The molecule has 2 N–H and O–H groups in total. The lowest BCUT2D eigenvalue weighted by atomic mass is 10.2. The minimum absolute atomic E-state index is 0.0263. The number of benzene rings is 2. The van der Waals surface area contributed by atoms with Crippen molar-refractivity contribution in [3.63, 3.8) is 0 Å². The number of aryl methyl sites for hydroxylation is 1. The number of rotatable bonds is 7. The molecule has 28 heavy (non-hydrogen) atoms. The zero-order valence-electron chi connectivity index (χ0n) is 16.0. The Hall–Kier alpha value is -3.06. The Morgan fingerprint density at radius 3 is 2.29 bits per heavy atom. The molecule has 0 atom stereocenters. The highest BCUT2D eigenvalue weighted by molar-refractivity contribution is 7.92. The standard InChI is InChI=1S/C21H23N3O3S/c1-15(2)27-18-9-11-19(12-10-18)28(25,26)24-17-8-13-21(22-14-17)23-20-7-5-4-6-16(20)3/h4-15,24H,1-3H3,(H,22,23). The molecule has 3 aromatic rings. The lowest BCUT2D eigenvalue weighted by molar-refractivity contribution is 0.242. The van der Waals surface area contributed by atoms with E-state index in [4.69, 9.17) is 4.74 Å². The summed E-state index contributed by atoms with van der Waals surface area (Å²) in [7, 11) is -3.70. The van der Waals surface area contributed by atoms with E-state index in [0.29, 0.717) is 17.3 Å². The van der Waals surface area contributed by atoms with E-state index in [9.17, 15) is 8.42 Å². The Bertz CT molecular complexity index is 1030. The van der Waals surface area contributed by atoms with Crippen LogP contribution in [0.15, 0.2) is 71.8 Å². The van der Waals surface area contributed by atoms with Gasteiger partial charge in [-0.3, -0.25) is 4.72 Å². The monoisotopic (exact) mass is 397 g/mol. The van der Waals surface area contributed by atoms with Crippen molar-refractivity contribution in [3.05, 3.63) is 72.4 Å². The van der Waals surface area contributed by atoms with Gasteiger partial charge in [0.1, 0.15) is 11.6 Å². The molecule has 0 bridgehead atoms. The van der Waals surface area contributed by atoms with Crippen LogP contribution in [-0.4, -0.2) is 19.5 Å². The van der Waals surface area contributed by atoms with Gasteiger partial charge in [-0.2, -0.15) is 0 Å². The first kappa shape index (κ1) is 19.7. The Morgan fingerprint density at radius 2 is 1.68 bits per heavy atom. The lowest BCUT2D eigenvalue weighted by Crippen LogP contribution is -2.13. The van der Waals surface area contributed by atoms with Crippen LogP contribution in [0.1, 0.15) is 19.4 Å². The minimum atomic E-state index is -3.70. The van der Waals surface area contributed by atoms with Crippen LogP contribution in [-0.2, 0) is 10.0 Å². The first-order chi connectivity index (χ1) is 13.3. The number of hydrogen-bond acceptors (Lipinski definition) is 5. The molecule has 146 valence electrons. The number of sulfonamides is 1. The topological polar surface area (TPSA) is 80.3 Å². The number of para-hydroxylation sites is 1. The summed E-state index contributed by atoms with van der Waals surface area (Å²) in [6, 6.07) is 17.6. The minimum Gasteiger partial charge on any atom is -0.491 e. The first-order valence-corrected chi connectivity index (χ1v) is 10.4. The summed E-state index contributed by atoms with van der Waals surface area (Å²) in [5, 5.41) is 3.21. The Balaban J connectivity index is 1.69. The van der Waals surface area contributed by atoms with Crippen LogP contribution in [0.2, 0.25) is 0 Å². The van der Waals surface area contributed by atoms with E-state index in [1.165, 1.54) is 18.3 Å². The van der Waals surface area contributed by atoms with E-state index in [2.05, 4.69) is 15.0 Å². The fraction of sp³-hybridized carbons (Fsp3) is 0.190. The van der Waals surface area contributed by atoms with Gasteiger partial charge in [0.05, 0.1) is 22.9 Å². The molecule has 0 spiro atoms. The highest BCUT2D eigenvalue weighted by Gasteiger charge is 2.14. The van der Waals surface area contributed by atoms with Crippen LogP contribution in [0.3, 0.4) is 0 Å². The molecule has 0 amide bonds. The summed E-state index contributed by atoms with van der Waals surface area (Å²) in [5.74, 6) is 1.26. The smallest absolute Gasteiger partial charge is 0.261 e. The van der Waals surface area contributed by atoms with Gasteiger partial charge in [-0.1, -0.05) is 18.2 Å². The largest absolute Gasteiger partial charge is 0.491 e. The van der Waals surface area contributed by atoms with Crippen LogP contribution in [0.5, 0.6) is 5.75 Å². The average Bonchev–Trinajstić information content (AvgIpc) is 2.65. The normalized spacial score (nSPS) is 11.3. The van der Waals surface area contributed by atoms with Gasteiger partial charge >= 0.3 is 0 Å². The summed E-state index contributed by atoms with van der Waals surface area (Å²) in [4.78, 5) is 4.44. The second kappa shape index (κ2) is 8.31. The van der Waals surface area contributed by atoms with Gasteiger partial charge < -0.3 is 10.1 Å². The summed E-state index contributed by atoms with van der Waals surface area (Å²) >= 11 is 0. The van der Waals surface area contributed by atoms with E-state index in [1.54, 1.807) is 24.3 Å². The molecule has 0 saturated heterocycles. The predicted octanol–water partition coefficient (Wildman–Crippen LogP) is 4.72. The molecular formula is C21H23N3O3S. The summed E-state index contributed by atoms with van der Waals surface area (Å²) in [6.07, 6.45) is 1.51. The Labute approximate surface area is 165 Å². The number of pyridine rings is 1. The van der Waals surface area contributed by atoms with Gasteiger partial charge in [0.2, 0.25) is 0 Å². The molecule has 0 saturated carbocycles. The summed E-state index contributed by atoms with van der Waals surface area (Å²) in [6.45, 7) is 5.83. The lowest BCUT2D eigenvalue weighted by Gasteiger charge is -2.12. The molecule has 3 rings (SSSR count). The molecule has 0 radical (unpaired) electrons. The van der Waals surface area contributed by atoms with Crippen molar-refractivity contribution in [2.45, 2.75) is 31.8 Å². The molecule has 7 heteroatoms. The maximum atomic E-state index is 12.6. The summed E-state index contributed by atoms with van der Waals surface area (Å²) < 4.78 is 33.2. The van der Waals surface area contributed by atoms with Crippen LogP contribution in [0, 0.1) is 6.92 Å². The average molecular weight is 398 g/mol. The fourth-order valence-electron chi connectivity index (χ4n) is 2.56. The van der Waals surface area contributed by atoms with Crippen LogP contribution < -0.4 is 14.8 Å².